The van der Waals surface area contributed by atoms with Crippen molar-refractivity contribution in [3.8, 4) is 0 Å². The van der Waals surface area contributed by atoms with Gasteiger partial charge in [-0.05, 0) is 55.4 Å². The summed E-state index contributed by atoms with van der Waals surface area (Å²) in [5.41, 5.74) is 4.17. The van der Waals surface area contributed by atoms with Crippen LogP contribution < -0.4 is 5.32 Å². The highest BCUT2D eigenvalue weighted by molar-refractivity contribution is 7.88. The molecule has 0 aliphatic carbocycles. The van der Waals surface area contributed by atoms with Gasteiger partial charge in [0.15, 0.2) is 0 Å². The second kappa shape index (κ2) is 9.75. The topological polar surface area (TPSA) is 66.5 Å². The third-order valence-electron chi connectivity index (χ3n) is 6.06. The predicted octanol–water partition coefficient (Wildman–Crippen LogP) is 3.98. The lowest BCUT2D eigenvalue weighted by atomic mass is 9.96. The highest BCUT2D eigenvalue weighted by atomic mass is 32.2. The highest BCUT2D eigenvalue weighted by Gasteiger charge is 2.31. The third kappa shape index (κ3) is 5.49. The summed E-state index contributed by atoms with van der Waals surface area (Å²) in [7, 11) is -3.38. The summed E-state index contributed by atoms with van der Waals surface area (Å²) in [5.74, 6) is -0.119. The summed E-state index contributed by atoms with van der Waals surface area (Å²) in [6, 6.07) is 15.8. The van der Waals surface area contributed by atoms with E-state index in [4.69, 9.17) is 0 Å². The monoisotopic (exact) mass is 428 g/mol. The fourth-order valence-electron chi connectivity index (χ4n) is 3.91. The molecular weight excluding hydrogens is 396 g/mol. The van der Waals surface area contributed by atoms with Gasteiger partial charge in [-0.3, -0.25) is 4.79 Å². The first kappa shape index (κ1) is 22.5. The number of piperidine rings is 1. The summed E-state index contributed by atoms with van der Waals surface area (Å²) in [6.07, 6.45) is 2.10. The quantitative estimate of drug-likeness (QED) is 0.725. The van der Waals surface area contributed by atoms with Gasteiger partial charge in [0.1, 0.15) is 0 Å². The zero-order chi connectivity index (χ0) is 21.7. The molecule has 1 aliphatic heterocycles. The van der Waals surface area contributed by atoms with E-state index in [9.17, 15) is 13.2 Å². The average molecular weight is 429 g/mol. The van der Waals surface area contributed by atoms with E-state index in [-0.39, 0.29) is 23.6 Å². The Labute approximate surface area is 180 Å². The van der Waals surface area contributed by atoms with E-state index < -0.39 is 10.0 Å². The first-order valence-electron chi connectivity index (χ1n) is 10.7. The van der Waals surface area contributed by atoms with Crippen molar-refractivity contribution in [1.29, 1.82) is 0 Å². The van der Waals surface area contributed by atoms with Crippen LogP contribution in [0.4, 0.5) is 0 Å². The second-order valence-electron chi connectivity index (χ2n) is 8.18. The van der Waals surface area contributed by atoms with Crippen LogP contribution in [0.1, 0.15) is 55.0 Å². The smallest absolute Gasteiger partial charge is 0.223 e. The number of rotatable bonds is 7. The minimum atomic E-state index is -3.38. The summed E-state index contributed by atoms with van der Waals surface area (Å²) in [5, 5.41) is 3.10. The van der Waals surface area contributed by atoms with E-state index in [1.165, 1.54) is 9.87 Å². The van der Waals surface area contributed by atoms with Crippen molar-refractivity contribution < 1.29 is 13.2 Å². The number of benzene rings is 2. The van der Waals surface area contributed by atoms with Gasteiger partial charge in [-0.25, -0.2) is 12.7 Å². The molecule has 0 unspecified atom stereocenters. The molecule has 1 aliphatic rings. The van der Waals surface area contributed by atoms with Crippen molar-refractivity contribution in [3.63, 3.8) is 0 Å². The van der Waals surface area contributed by atoms with Crippen LogP contribution in [0.2, 0.25) is 0 Å². The molecule has 0 radical (unpaired) electrons. The molecule has 1 N–H and O–H groups in total. The number of aryl methyl sites for hydroxylation is 2. The molecule has 3 rings (SSSR count). The molecule has 162 valence electrons. The van der Waals surface area contributed by atoms with E-state index in [1.807, 2.05) is 38.1 Å². The third-order valence-corrected chi connectivity index (χ3v) is 7.89. The Bertz CT molecular complexity index is 962. The normalized spacial score (nSPS) is 16.9. The molecule has 30 heavy (non-hydrogen) atoms. The van der Waals surface area contributed by atoms with Gasteiger partial charge in [0.2, 0.25) is 15.9 Å². The van der Waals surface area contributed by atoms with Gasteiger partial charge >= 0.3 is 0 Å². The average Bonchev–Trinajstić information content (AvgIpc) is 2.75. The molecule has 0 spiro atoms. The van der Waals surface area contributed by atoms with Crippen LogP contribution in [0.15, 0.2) is 48.5 Å². The lowest BCUT2D eigenvalue weighted by Crippen LogP contribution is -2.43. The van der Waals surface area contributed by atoms with Crippen LogP contribution in [0.25, 0.3) is 0 Å². The van der Waals surface area contributed by atoms with Crippen molar-refractivity contribution >= 4 is 15.9 Å². The van der Waals surface area contributed by atoms with E-state index >= 15 is 0 Å². The standard InChI is InChI=1S/C24H32N2O3S/c1-4-20-9-11-21(12-10-20)19(3)25-24(27)22-13-15-26(16-14-22)30(28,29)17-23-8-6-5-7-18(23)2/h5-12,19,22H,4,13-17H2,1-3H3,(H,25,27)/t19-/m1/s1. The van der Waals surface area contributed by atoms with E-state index in [0.717, 1.165) is 23.1 Å². The van der Waals surface area contributed by atoms with Gasteiger partial charge in [-0.15, -0.1) is 0 Å². The van der Waals surface area contributed by atoms with Crippen LogP contribution in [0.3, 0.4) is 0 Å². The van der Waals surface area contributed by atoms with Crippen molar-refractivity contribution in [2.45, 2.75) is 51.8 Å². The van der Waals surface area contributed by atoms with Crippen molar-refractivity contribution in [2.24, 2.45) is 5.92 Å². The number of carbonyl (C=O) groups is 1. The molecule has 0 saturated carbocycles. The molecule has 2 aromatic carbocycles. The minimum Gasteiger partial charge on any atom is -0.349 e. The van der Waals surface area contributed by atoms with Crippen LogP contribution >= 0.6 is 0 Å². The Morgan fingerprint density at radius 3 is 2.33 bits per heavy atom. The van der Waals surface area contributed by atoms with E-state index in [2.05, 4.69) is 36.5 Å². The SMILES string of the molecule is CCc1ccc([C@@H](C)NC(=O)C2CCN(S(=O)(=O)Cc3ccccc3C)CC2)cc1. The summed E-state index contributed by atoms with van der Waals surface area (Å²) < 4.78 is 27.2. The van der Waals surface area contributed by atoms with Crippen LogP contribution in [0.5, 0.6) is 0 Å². The number of hydrogen-bond acceptors (Lipinski definition) is 3. The van der Waals surface area contributed by atoms with Gasteiger partial charge in [-0.1, -0.05) is 55.5 Å². The fourth-order valence-corrected chi connectivity index (χ4v) is 5.58. The van der Waals surface area contributed by atoms with Crippen LogP contribution in [-0.2, 0) is 27.0 Å². The van der Waals surface area contributed by atoms with Crippen LogP contribution in [-0.4, -0.2) is 31.7 Å². The molecular formula is C24H32N2O3S. The highest BCUT2D eigenvalue weighted by Crippen LogP contribution is 2.24. The Hall–Kier alpha value is -2.18. The van der Waals surface area contributed by atoms with E-state index in [0.29, 0.717) is 25.9 Å². The number of nitrogens with one attached hydrogen (secondary N) is 1. The first-order chi connectivity index (χ1) is 14.3. The molecule has 6 heteroatoms. The lowest BCUT2D eigenvalue weighted by Gasteiger charge is -2.31. The maximum atomic E-state index is 12.8. The molecule has 1 atom stereocenters. The van der Waals surface area contributed by atoms with Crippen molar-refractivity contribution in [3.05, 3.63) is 70.8 Å². The van der Waals surface area contributed by atoms with E-state index in [1.54, 1.807) is 0 Å². The largest absolute Gasteiger partial charge is 0.349 e. The zero-order valence-electron chi connectivity index (χ0n) is 18.1. The number of amides is 1. The molecule has 1 fully saturated rings. The molecule has 0 bridgehead atoms. The van der Waals surface area contributed by atoms with Crippen molar-refractivity contribution in [1.82, 2.24) is 9.62 Å². The van der Waals surface area contributed by atoms with Gasteiger partial charge in [0.25, 0.3) is 0 Å². The molecule has 0 aromatic heterocycles. The summed E-state index contributed by atoms with van der Waals surface area (Å²) >= 11 is 0. The zero-order valence-corrected chi connectivity index (χ0v) is 18.9. The second-order valence-corrected chi connectivity index (χ2v) is 10.2. The summed E-state index contributed by atoms with van der Waals surface area (Å²) in [6.45, 7) is 6.82. The fraction of sp³-hybridized carbons (Fsp3) is 0.458. The molecule has 1 saturated heterocycles. The Kier molecular flexibility index (Phi) is 7.32. The summed E-state index contributed by atoms with van der Waals surface area (Å²) in [4.78, 5) is 12.7. The minimum absolute atomic E-state index is 0.0121. The van der Waals surface area contributed by atoms with Crippen LogP contribution in [0, 0.1) is 12.8 Å². The maximum Gasteiger partial charge on any atom is 0.223 e. The number of carbonyl (C=O) groups excluding carboxylic acids is 1. The number of nitrogens with zero attached hydrogens (tertiary/aromatic N) is 1. The Balaban J connectivity index is 1.54. The van der Waals surface area contributed by atoms with Gasteiger partial charge in [0, 0.05) is 19.0 Å². The number of hydrogen-bond donors (Lipinski definition) is 1. The lowest BCUT2D eigenvalue weighted by molar-refractivity contribution is -0.126. The number of sulfonamides is 1. The molecule has 1 amide bonds. The van der Waals surface area contributed by atoms with Gasteiger partial charge in [-0.2, -0.15) is 0 Å². The van der Waals surface area contributed by atoms with Gasteiger partial charge < -0.3 is 5.32 Å². The molecule has 1 heterocycles. The maximum absolute atomic E-state index is 12.8. The van der Waals surface area contributed by atoms with Crippen molar-refractivity contribution in [2.75, 3.05) is 13.1 Å². The molecule has 5 nitrogen and oxygen atoms in total. The Morgan fingerprint density at radius 2 is 1.73 bits per heavy atom. The Morgan fingerprint density at radius 1 is 1.10 bits per heavy atom. The molecule has 2 aromatic rings. The first-order valence-corrected chi connectivity index (χ1v) is 12.3. The predicted molar refractivity (Wildman–Crippen MR) is 120 cm³/mol. The van der Waals surface area contributed by atoms with Gasteiger partial charge in [0.05, 0.1) is 11.8 Å².